The molecule has 0 heterocycles. The Bertz CT molecular complexity index is 903. The number of hydrogen-bond acceptors (Lipinski definition) is 4. The molecule has 9 heteroatoms. The summed E-state index contributed by atoms with van der Waals surface area (Å²) in [5.41, 5.74) is 1.44. The molecule has 0 amide bonds. The maximum Gasteiger partial charge on any atom is 0.573 e. The van der Waals surface area contributed by atoms with Gasteiger partial charge in [-0.15, -0.1) is 13.2 Å². The summed E-state index contributed by atoms with van der Waals surface area (Å²) in [5, 5.41) is 6.45. The zero-order chi connectivity index (χ0) is 21.7. The highest BCUT2D eigenvalue weighted by Gasteiger charge is 2.42. The van der Waals surface area contributed by atoms with Crippen LogP contribution in [0, 0.1) is 0 Å². The number of para-hydroxylation sites is 1. The minimum atomic E-state index is -4.72. The van der Waals surface area contributed by atoms with E-state index in [9.17, 15) is 13.2 Å². The molecule has 1 fully saturated rings. The lowest BCUT2D eigenvalue weighted by Crippen LogP contribution is -2.38. The van der Waals surface area contributed by atoms with Gasteiger partial charge in [0.1, 0.15) is 17.2 Å². The average molecular weight is 423 g/mol. The highest BCUT2D eigenvalue weighted by atomic mass is 19.4. The predicted octanol–water partition coefficient (Wildman–Crippen LogP) is 3.82. The summed E-state index contributed by atoms with van der Waals surface area (Å²) in [5.74, 6) is 1.68. The Balaban J connectivity index is 1.60. The lowest BCUT2D eigenvalue weighted by atomic mass is 10.1. The van der Waals surface area contributed by atoms with Crippen molar-refractivity contribution in [2.24, 2.45) is 4.99 Å². The van der Waals surface area contributed by atoms with Crippen LogP contribution in [0.5, 0.6) is 17.2 Å². The first-order valence-electron chi connectivity index (χ1n) is 9.37. The van der Waals surface area contributed by atoms with E-state index in [-0.39, 0.29) is 17.7 Å². The van der Waals surface area contributed by atoms with Gasteiger partial charge in [0.15, 0.2) is 5.96 Å². The van der Waals surface area contributed by atoms with Gasteiger partial charge in [0.05, 0.1) is 14.2 Å². The summed E-state index contributed by atoms with van der Waals surface area (Å²) in [4.78, 5) is 4.20. The molecule has 0 bridgehead atoms. The van der Waals surface area contributed by atoms with Crippen LogP contribution in [-0.2, 0) is 6.54 Å². The van der Waals surface area contributed by atoms with Gasteiger partial charge in [-0.05, 0) is 30.2 Å². The number of halogens is 3. The van der Waals surface area contributed by atoms with Crippen molar-refractivity contribution in [3.63, 3.8) is 0 Å². The van der Waals surface area contributed by atoms with Crippen molar-refractivity contribution in [3.8, 4) is 17.2 Å². The number of nitrogens with one attached hydrogen (secondary N) is 2. The molecular weight excluding hydrogens is 399 g/mol. The lowest BCUT2D eigenvalue weighted by molar-refractivity contribution is -0.274. The number of rotatable bonds is 7. The first-order chi connectivity index (χ1) is 14.3. The fraction of sp³-hybridized carbons (Fsp3) is 0.381. The normalized spacial score (nSPS) is 18.5. The molecule has 1 aliphatic rings. The van der Waals surface area contributed by atoms with Gasteiger partial charge in [-0.25, -0.2) is 0 Å². The van der Waals surface area contributed by atoms with Crippen molar-refractivity contribution in [3.05, 3.63) is 53.6 Å². The topological polar surface area (TPSA) is 64.1 Å². The van der Waals surface area contributed by atoms with Crippen LogP contribution in [0.4, 0.5) is 13.2 Å². The van der Waals surface area contributed by atoms with E-state index in [1.165, 1.54) is 12.1 Å². The Hall–Kier alpha value is -3.10. The molecule has 1 aliphatic carbocycles. The minimum absolute atomic E-state index is 0.0352. The van der Waals surface area contributed by atoms with Gasteiger partial charge in [-0.3, -0.25) is 4.99 Å². The third kappa shape index (κ3) is 5.49. The van der Waals surface area contributed by atoms with Crippen LogP contribution in [0.3, 0.4) is 0 Å². The second-order valence-corrected chi connectivity index (χ2v) is 6.78. The Kier molecular flexibility index (Phi) is 6.59. The number of hydrogen-bond donors (Lipinski definition) is 2. The molecule has 2 unspecified atom stereocenters. The zero-order valence-electron chi connectivity index (χ0n) is 16.9. The Morgan fingerprint density at radius 3 is 2.53 bits per heavy atom. The molecular formula is C21H24F3N3O3. The number of benzene rings is 2. The standard InChI is InChI=1S/C21H24F3N3O3/c1-25-20(26-12-13-8-9-14(28-2)10-19(13)29-3)27-17-11-16(17)15-6-4-5-7-18(15)30-21(22,23)24/h4-10,16-17H,11-12H2,1-3H3,(H2,25,26,27). The van der Waals surface area contributed by atoms with Crippen molar-refractivity contribution in [1.29, 1.82) is 0 Å². The number of aliphatic imine (C=N–C) groups is 1. The van der Waals surface area contributed by atoms with Crippen molar-refractivity contribution >= 4 is 5.96 Å². The third-order valence-electron chi connectivity index (χ3n) is 4.82. The second-order valence-electron chi connectivity index (χ2n) is 6.78. The molecule has 1 saturated carbocycles. The highest BCUT2D eigenvalue weighted by molar-refractivity contribution is 5.80. The Morgan fingerprint density at radius 2 is 1.87 bits per heavy atom. The Morgan fingerprint density at radius 1 is 1.10 bits per heavy atom. The van der Waals surface area contributed by atoms with E-state index in [1.54, 1.807) is 39.5 Å². The van der Waals surface area contributed by atoms with E-state index in [2.05, 4.69) is 20.4 Å². The van der Waals surface area contributed by atoms with Crippen molar-refractivity contribution in [1.82, 2.24) is 10.6 Å². The summed E-state index contributed by atoms with van der Waals surface area (Å²) >= 11 is 0. The molecule has 2 N–H and O–H groups in total. The number of nitrogens with zero attached hydrogens (tertiary/aromatic N) is 1. The number of ether oxygens (including phenoxy) is 3. The van der Waals surface area contributed by atoms with Gasteiger partial charge in [0.25, 0.3) is 0 Å². The fourth-order valence-corrected chi connectivity index (χ4v) is 3.25. The molecule has 30 heavy (non-hydrogen) atoms. The average Bonchev–Trinajstić information content (AvgIpc) is 3.49. The monoisotopic (exact) mass is 423 g/mol. The second kappa shape index (κ2) is 9.15. The molecule has 0 spiro atoms. The van der Waals surface area contributed by atoms with Crippen LogP contribution < -0.4 is 24.8 Å². The molecule has 0 aromatic heterocycles. The van der Waals surface area contributed by atoms with Gasteiger partial charge in [-0.1, -0.05) is 18.2 Å². The van der Waals surface area contributed by atoms with Crippen molar-refractivity contribution in [2.45, 2.75) is 31.3 Å². The van der Waals surface area contributed by atoms with E-state index in [0.29, 0.717) is 36.0 Å². The van der Waals surface area contributed by atoms with E-state index in [1.807, 2.05) is 12.1 Å². The van der Waals surface area contributed by atoms with Gasteiger partial charge in [-0.2, -0.15) is 0 Å². The molecule has 162 valence electrons. The molecule has 2 aromatic rings. The summed E-state index contributed by atoms with van der Waals surface area (Å²) in [6.45, 7) is 0.456. The van der Waals surface area contributed by atoms with Gasteiger partial charge in [0, 0.05) is 37.2 Å². The van der Waals surface area contributed by atoms with Crippen molar-refractivity contribution < 1.29 is 27.4 Å². The summed E-state index contributed by atoms with van der Waals surface area (Å²) in [6.07, 6.45) is -4.03. The first-order valence-corrected chi connectivity index (χ1v) is 9.37. The van der Waals surface area contributed by atoms with Crippen LogP contribution in [0.2, 0.25) is 0 Å². The SMILES string of the molecule is CN=C(NCc1ccc(OC)cc1OC)NC1CC1c1ccccc1OC(F)(F)F. The van der Waals surface area contributed by atoms with Crippen LogP contribution >= 0.6 is 0 Å². The predicted molar refractivity (Wildman–Crippen MR) is 107 cm³/mol. The fourth-order valence-electron chi connectivity index (χ4n) is 3.25. The summed E-state index contributed by atoms with van der Waals surface area (Å²) < 4.78 is 52.7. The van der Waals surface area contributed by atoms with E-state index < -0.39 is 6.36 Å². The number of methoxy groups -OCH3 is 2. The highest BCUT2D eigenvalue weighted by Crippen LogP contribution is 2.45. The Labute approximate surface area is 173 Å². The summed E-state index contributed by atoms with van der Waals surface area (Å²) in [7, 11) is 4.81. The maximum atomic E-state index is 12.7. The van der Waals surface area contributed by atoms with Crippen LogP contribution in [0.1, 0.15) is 23.5 Å². The minimum Gasteiger partial charge on any atom is -0.497 e. The van der Waals surface area contributed by atoms with Gasteiger partial charge in [0.2, 0.25) is 0 Å². The third-order valence-corrected chi connectivity index (χ3v) is 4.82. The molecule has 0 radical (unpaired) electrons. The summed E-state index contributed by atoms with van der Waals surface area (Å²) in [6, 6.07) is 11.7. The molecule has 2 aromatic carbocycles. The molecule has 0 saturated heterocycles. The largest absolute Gasteiger partial charge is 0.573 e. The van der Waals surface area contributed by atoms with Crippen LogP contribution in [0.15, 0.2) is 47.5 Å². The zero-order valence-corrected chi connectivity index (χ0v) is 16.9. The van der Waals surface area contributed by atoms with Crippen LogP contribution in [0.25, 0.3) is 0 Å². The van der Waals surface area contributed by atoms with Gasteiger partial charge < -0.3 is 24.8 Å². The van der Waals surface area contributed by atoms with Gasteiger partial charge >= 0.3 is 6.36 Å². The van der Waals surface area contributed by atoms with Crippen molar-refractivity contribution in [2.75, 3.05) is 21.3 Å². The quantitative estimate of drug-likeness (QED) is 0.524. The van der Waals surface area contributed by atoms with E-state index in [4.69, 9.17) is 9.47 Å². The van der Waals surface area contributed by atoms with E-state index >= 15 is 0 Å². The lowest BCUT2D eigenvalue weighted by Gasteiger charge is -2.15. The maximum absolute atomic E-state index is 12.7. The molecule has 2 atom stereocenters. The molecule has 3 rings (SSSR count). The molecule has 6 nitrogen and oxygen atoms in total. The van der Waals surface area contributed by atoms with Crippen LogP contribution in [-0.4, -0.2) is 39.6 Å². The smallest absolute Gasteiger partial charge is 0.497 e. The first kappa shape index (κ1) is 21.6. The number of guanidine groups is 1. The van der Waals surface area contributed by atoms with E-state index in [0.717, 1.165) is 5.56 Å². The number of alkyl halides is 3. The molecule has 0 aliphatic heterocycles.